The summed E-state index contributed by atoms with van der Waals surface area (Å²) in [5.41, 5.74) is 2.06. The van der Waals surface area contributed by atoms with Gasteiger partial charge in [0, 0.05) is 18.7 Å². The minimum Gasteiger partial charge on any atom is -0.384 e. The third-order valence-electron chi connectivity index (χ3n) is 2.68. The van der Waals surface area contributed by atoms with Gasteiger partial charge in [-0.2, -0.15) is 0 Å². The van der Waals surface area contributed by atoms with Crippen molar-refractivity contribution in [3.63, 3.8) is 0 Å². The number of aromatic amines is 1. The number of halogens is 1. The third-order valence-corrected chi connectivity index (χ3v) is 3.24. The van der Waals surface area contributed by atoms with Gasteiger partial charge in [-0.05, 0) is 36.3 Å². The standard InChI is InChI=1S/C12H15ClN2OS/c1-8(7-16-2)6-15-11-5-9(13)3-4-10(11)14-12(15)17/h3-5,8H,6-7H2,1-2H3,(H,14,17). The molecule has 1 aromatic carbocycles. The third kappa shape index (κ3) is 2.70. The van der Waals surface area contributed by atoms with Gasteiger partial charge >= 0.3 is 0 Å². The Morgan fingerprint density at radius 3 is 3.00 bits per heavy atom. The highest BCUT2D eigenvalue weighted by molar-refractivity contribution is 7.71. The maximum absolute atomic E-state index is 6.01. The average Bonchev–Trinajstić information content (AvgIpc) is 2.56. The van der Waals surface area contributed by atoms with E-state index in [9.17, 15) is 0 Å². The number of rotatable bonds is 4. The Balaban J connectivity index is 2.42. The van der Waals surface area contributed by atoms with Crippen molar-refractivity contribution in [2.24, 2.45) is 5.92 Å². The Hall–Kier alpha value is -0.840. The van der Waals surface area contributed by atoms with Crippen molar-refractivity contribution in [3.05, 3.63) is 28.0 Å². The fourth-order valence-electron chi connectivity index (χ4n) is 1.96. The summed E-state index contributed by atoms with van der Waals surface area (Å²) < 4.78 is 7.94. The molecule has 0 aliphatic heterocycles. The molecule has 0 radical (unpaired) electrons. The summed E-state index contributed by atoms with van der Waals surface area (Å²) >= 11 is 11.3. The molecule has 0 saturated heterocycles. The Kier molecular flexibility index (Phi) is 3.86. The molecule has 92 valence electrons. The first-order valence-corrected chi connectivity index (χ1v) is 6.27. The van der Waals surface area contributed by atoms with Crippen molar-refractivity contribution in [1.82, 2.24) is 9.55 Å². The first-order valence-electron chi connectivity index (χ1n) is 5.49. The fourth-order valence-corrected chi connectivity index (χ4v) is 2.41. The van der Waals surface area contributed by atoms with Crippen molar-refractivity contribution in [2.75, 3.05) is 13.7 Å². The van der Waals surface area contributed by atoms with Crippen LogP contribution in [0.4, 0.5) is 0 Å². The average molecular weight is 271 g/mol. The van der Waals surface area contributed by atoms with Crippen molar-refractivity contribution in [3.8, 4) is 0 Å². The first kappa shape index (κ1) is 12.6. The van der Waals surface area contributed by atoms with E-state index in [1.807, 2.05) is 18.2 Å². The number of aromatic nitrogens is 2. The second-order valence-corrected chi connectivity index (χ2v) is 5.09. The molecule has 0 saturated carbocycles. The second kappa shape index (κ2) is 5.21. The quantitative estimate of drug-likeness (QED) is 0.860. The number of benzene rings is 1. The molecule has 2 rings (SSSR count). The topological polar surface area (TPSA) is 29.9 Å². The van der Waals surface area contributed by atoms with E-state index in [-0.39, 0.29) is 0 Å². The van der Waals surface area contributed by atoms with Crippen molar-refractivity contribution in [2.45, 2.75) is 13.5 Å². The molecule has 0 spiro atoms. The van der Waals surface area contributed by atoms with Crippen LogP contribution in [0.25, 0.3) is 11.0 Å². The van der Waals surface area contributed by atoms with Gasteiger partial charge in [-0.1, -0.05) is 18.5 Å². The second-order valence-electron chi connectivity index (χ2n) is 4.26. The van der Waals surface area contributed by atoms with Gasteiger partial charge in [0.05, 0.1) is 17.6 Å². The molecular weight excluding hydrogens is 256 g/mol. The van der Waals surface area contributed by atoms with Crippen LogP contribution in [0.5, 0.6) is 0 Å². The molecule has 0 aliphatic rings. The van der Waals surface area contributed by atoms with Gasteiger partial charge in [0.1, 0.15) is 0 Å². The summed E-state index contributed by atoms with van der Waals surface area (Å²) in [6, 6.07) is 5.74. The van der Waals surface area contributed by atoms with E-state index in [2.05, 4.69) is 16.5 Å². The lowest BCUT2D eigenvalue weighted by atomic mass is 10.2. The number of nitrogens with zero attached hydrogens (tertiary/aromatic N) is 1. The van der Waals surface area contributed by atoms with Crippen LogP contribution in [0.3, 0.4) is 0 Å². The molecule has 0 fully saturated rings. The van der Waals surface area contributed by atoms with Crippen LogP contribution >= 0.6 is 23.8 Å². The lowest BCUT2D eigenvalue weighted by Gasteiger charge is -2.11. The van der Waals surface area contributed by atoms with Gasteiger partial charge < -0.3 is 14.3 Å². The van der Waals surface area contributed by atoms with E-state index in [4.69, 9.17) is 28.6 Å². The molecule has 0 amide bonds. The van der Waals surface area contributed by atoms with Gasteiger partial charge in [-0.25, -0.2) is 0 Å². The van der Waals surface area contributed by atoms with E-state index in [0.717, 1.165) is 34.0 Å². The minimum absolute atomic E-state index is 0.407. The molecule has 3 nitrogen and oxygen atoms in total. The van der Waals surface area contributed by atoms with Gasteiger partial charge in [-0.3, -0.25) is 0 Å². The summed E-state index contributed by atoms with van der Waals surface area (Å²) in [6.07, 6.45) is 0. The predicted molar refractivity (Wildman–Crippen MR) is 73.2 cm³/mol. The maximum atomic E-state index is 6.01. The number of fused-ring (bicyclic) bond motifs is 1. The molecule has 5 heteroatoms. The zero-order chi connectivity index (χ0) is 12.4. The van der Waals surface area contributed by atoms with E-state index in [0.29, 0.717) is 5.92 Å². The van der Waals surface area contributed by atoms with E-state index < -0.39 is 0 Å². The van der Waals surface area contributed by atoms with Gasteiger partial charge in [0.15, 0.2) is 4.77 Å². The smallest absolute Gasteiger partial charge is 0.178 e. The highest BCUT2D eigenvalue weighted by Gasteiger charge is 2.08. The molecule has 1 N–H and O–H groups in total. The maximum Gasteiger partial charge on any atom is 0.178 e. The molecule has 17 heavy (non-hydrogen) atoms. The summed E-state index contributed by atoms with van der Waals surface area (Å²) in [6.45, 7) is 3.68. The van der Waals surface area contributed by atoms with Crippen molar-refractivity contribution >= 4 is 34.9 Å². The van der Waals surface area contributed by atoms with Crippen LogP contribution in [0.1, 0.15) is 6.92 Å². The Bertz CT molecular complexity index is 575. The number of ether oxygens (including phenoxy) is 1. The fraction of sp³-hybridized carbons (Fsp3) is 0.417. The molecule has 0 bridgehead atoms. The number of hydrogen-bond acceptors (Lipinski definition) is 2. The summed E-state index contributed by atoms with van der Waals surface area (Å²) in [4.78, 5) is 3.18. The van der Waals surface area contributed by atoms with E-state index in [1.165, 1.54) is 0 Å². The zero-order valence-corrected chi connectivity index (χ0v) is 11.4. The highest BCUT2D eigenvalue weighted by atomic mass is 35.5. The van der Waals surface area contributed by atoms with Crippen LogP contribution in [0.2, 0.25) is 5.02 Å². The van der Waals surface area contributed by atoms with Crippen LogP contribution < -0.4 is 0 Å². The number of methoxy groups -OCH3 is 1. The van der Waals surface area contributed by atoms with Crippen LogP contribution in [-0.4, -0.2) is 23.3 Å². The lowest BCUT2D eigenvalue weighted by Crippen LogP contribution is -2.12. The highest BCUT2D eigenvalue weighted by Crippen LogP contribution is 2.20. The molecule has 1 atom stereocenters. The summed E-state index contributed by atoms with van der Waals surface area (Å²) in [7, 11) is 1.71. The molecule has 0 aliphatic carbocycles. The molecule has 1 unspecified atom stereocenters. The summed E-state index contributed by atoms with van der Waals surface area (Å²) in [5.74, 6) is 0.407. The van der Waals surface area contributed by atoms with E-state index >= 15 is 0 Å². The predicted octanol–water partition coefficient (Wildman–Crippen LogP) is 3.63. The van der Waals surface area contributed by atoms with Crippen LogP contribution in [-0.2, 0) is 11.3 Å². The molecule has 2 aromatic rings. The normalized spacial score (nSPS) is 13.1. The Morgan fingerprint density at radius 2 is 2.29 bits per heavy atom. The van der Waals surface area contributed by atoms with Crippen molar-refractivity contribution in [1.29, 1.82) is 0 Å². The Morgan fingerprint density at radius 1 is 1.53 bits per heavy atom. The SMILES string of the molecule is COCC(C)Cn1c(=S)[nH]c2ccc(Cl)cc21. The molecule has 1 heterocycles. The van der Waals surface area contributed by atoms with Crippen LogP contribution in [0.15, 0.2) is 18.2 Å². The van der Waals surface area contributed by atoms with Gasteiger partial charge in [0.2, 0.25) is 0 Å². The number of H-pyrrole nitrogens is 1. The molecule has 1 aromatic heterocycles. The van der Waals surface area contributed by atoms with Gasteiger partial charge in [0.25, 0.3) is 0 Å². The lowest BCUT2D eigenvalue weighted by molar-refractivity contribution is 0.152. The number of nitrogens with one attached hydrogen (secondary N) is 1. The van der Waals surface area contributed by atoms with Crippen LogP contribution in [0, 0.1) is 10.7 Å². The van der Waals surface area contributed by atoms with Gasteiger partial charge in [-0.15, -0.1) is 0 Å². The van der Waals surface area contributed by atoms with Crippen molar-refractivity contribution < 1.29 is 4.74 Å². The largest absolute Gasteiger partial charge is 0.384 e. The molecular formula is C12H15ClN2OS. The minimum atomic E-state index is 0.407. The monoisotopic (exact) mass is 270 g/mol. The van der Waals surface area contributed by atoms with E-state index in [1.54, 1.807) is 7.11 Å². The Labute approximate surface area is 110 Å². The summed E-state index contributed by atoms with van der Waals surface area (Å²) in [5, 5.41) is 0.722. The number of hydrogen-bond donors (Lipinski definition) is 1. The zero-order valence-electron chi connectivity index (χ0n) is 9.87. The first-order chi connectivity index (χ1) is 8.11. The number of imidazole rings is 1.